The second-order valence-corrected chi connectivity index (χ2v) is 7.81. The predicted molar refractivity (Wildman–Crippen MR) is 127 cm³/mol. The Balaban J connectivity index is 1.93. The predicted octanol–water partition coefficient (Wildman–Crippen LogP) is 4.60. The van der Waals surface area contributed by atoms with E-state index >= 15 is 0 Å². The van der Waals surface area contributed by atoms with Gasteiger partial charge in [-0.05, 0) is 44.2 Å². The molecule has 7 nitrogen and oxygen atoms in total. The van der Waals surface area contributed by atoms with Gasteiger partial charge >= 0.3 is 0 Å². The van der Waals surface area contributed by atoms with Crippen molar-refractivity contribution in [2.75, 3.05) is 26.6 Å². The summed E-state index contributed by atoms with van der Waals surface area (Å²) < 4.78 is 16.6. The number of aryl methyl sites for hydroxylation is 2. The van der Waals surface area contributed by atoms with Gasteiger partial charge in [-0.1, -0.05) is 18.2 Å². The molecule has 0 amide bonds. The lowest BCUT2D eigenvalue weighted by molar-refractivity contribution is -0.371. The van der Waals surface area contributed by atoms with Gasteiger partial charge in [0.25, 0.3) is 5.82 Å². The van der Waals surface area contributed by atoms with Gasteiger partial charge in [-0.2, -0.15) is 0 Å². The fourth-order valence-corrected chi connectivity index (χ4v) is 3.95. The zero-order valence-electron chi connectivity index (χ0n) is 19.4. The molecule has 4 aromatic rings. The van der Waals surface area contributed by atoms with Crippen molar-refractivity contribution in [2.45, 2.75) is 19.9 Å². The van der Waals surface area contributed by atoms with E-state index in [0.717, 1.165) is 28.2 Å². The van der Waals surface area contributed by atoms with Crippen molar-refractivity contribution in [1.82, 2.24) is 4.98 Å². The van der Waals surface area contributed by atoms with Gasteiger partial charge in [0.05, 0.1) is 27.0 Å². The van der Waals surface area contributed by atoms with Crippen LogP contribution < -0.4 is 24.5 Å². The van der Waals surface area contributed by atoms with E-state index in [1.807, 2.05) is 68.4 Å². The summed E-state index contributed by atoms with van der Waals surface area (Å²) in [6, 6.07) is 17.0. The molecule has 0 unspecified atom stereocenters. The Labute approximate surface area is 193 Å². The molecule has 0 aliphatic heterocycles. The maximum absolute atomic E-state index is 11.3. The van der Waals surface area contributed by atoms with Crippen LogP contribution in [-0.2, 0) is 0 Å². The monoisotopic (exact) mass is 446 g/mol. The number of H-pyrrole nitrogens is 1. The van der Waals surface area contributed by atoms with Crippen molar-refractivity contribution in [2.24, 2.45) is 0 Å². The quantitative estimate of drug-likeness (QED) is 0.432. The first-order valence-corrected chi connectivity index (χ1v) is 10.6. The smallest absolute Gasteiger partial charge is 0.273 e. The Morgan fingerprint density at radius 1 is 0.909 bits per heavy atom. The minimum Gasteiger partial charge on any atom is -0.505 e. The van der Waals surface area contributed by atoms with Crippen LogP contribution in [0, 0.1) is 13.8 Å². The third kappa shape index (κ3) is 4.35. The maximum Gasteiger partial charge on any atom is 0.273 e. The molecule has 3 N–H and O–H groups in total. The van der Waals surface area contributed by atoms with Crippen LogP contribution >= 0.6 is 0 Å². The molecule has 0 aliphatic rings. The van der Waals surface area contributed by atoms with E-state index in [1.165, 1.54) is 0 Å². The molecule has 0 spiro atoms. The van der Waals surface area contributed by atoms with Crippen LogP contribution in [0.3, 0.4) is 0 Å². The van der Waals surface area contributed by atoms with E-state index in [1.54, 1.807) is 21.3 Å². The van der Waals surface area contributed by atoms with Gasteiger partial charge in [-0.15, -0.1) is 0 Å². The first kappa shape index (κ1) is 22.2. The molecule has 7 heteroatoms. The van der Waals surface area contributed by atoms with Gasteiger partial charge in [-0.25, -0.2) is 9.97 Å². The Bertz CT molecular complexity index is 1280. The number of benzene rings is 2. The summed E-state index contributed by atoms with van der Waals surface area (Å²) in [5.74, 6) is 2.48. The summed E-state index contributed by atoms with van der Waals surface area (Å²) in [7, 11) is 4.73. The fourth-order valence-electron chi connectivity index (χ4n) is 3.95. The van der Waals surface area contributed by atoms with E-state index in [4.69, 9.17) is 14.2 Å². The first-order chi connectivity index (χ1) is 15.9. The van der Waals surface area contributed by atoms with Crippen LogP contribution in [-0.4, -0.2) is 31.4 Å². The molecule has 0 fully saturated rings. The standard InChI is InChI=1S/C26H27N3O4/c1-15-7-6-8-22(27-15)29-23(18-13-20(31-3)26(33-5)21(14-18)32-4)19-12-11-17-10-9-16(2)28-24(17)25(19)30/h6-14,23,30H,1-5H3,(H,27,29)/p+1/t23-/m0/s1. The molecule has 0 saturated heterocycles. The average molecular weight is 447 g/mol. The number of hydrogen-bond donors (Lipinski definition) is 2. The van der Waals surface area contributed by atoms with Crippen LogP contribution in [0.5, 0.6) is 23.0 Å². The molecular weight excluding hydrogens is 418 g/mol. The molecule has 33 heavy (non-hydrogen) atoms. The van der Waals surface area contributed by atoms with Crippen molar-refractivity contribution < 1.29 is 24.3 Å². The van der Waals surface area contributed by atoms with Gasteiger partial charge in [0.15, 0.2) is 11.5 Å². The highest BCUT2D eigenvalue weighted by molar-refractivity contribution is 5.86. The van der Waals surface area contributed by atoms with Crippen LogP contribution in [0.15, 0.2) is 54.6 Å². The van der Waals surface area contributed by atoms with E-state index in [9.17, 15) is 5.11 Å². The lowest BCUT2D eigenvalue weighted by atomic mass is 9.95. The molecule has 0 bridgehead atoms. The van der Waals surface area contributed by atoms with Crippen molar-refractivity contribution in [3.63, 3.8) is 0 Å². The van der Waals surface area contributed by atoms with Crippen LogP contribution in [0.4, 0.5) is 5.82 Å². The number of ether oxygens (including phenoxy) is 3. The number of nitrogens with zero attached hydrogens (tertiary/aromatic N) is 1. The number of methoxy groups -OCH3 is 3. The van der Waals surface area contributed by atoms with Crippen molar-refractivity contribution in [1.29, 1.82) is 0 Å². The lowest BCUT2D eigenvalue weighted by Gasteiger charge is -2.20. The molecule has 4 rings (SSSR count). The second kappa shape index (κ2) is 9.24. The number of aromatic amines is 1. The largest absolute Gasteiger partial charge is 0.505 e. The van der Waals surface area contributed by atoms with E-state index in [2.05, 4.69) is 15.3 Å². The van der Waals surface area contributed by atoms with E-state index < -0.39 is 6.04 Å². The van der Waals surface area contributed by atoms with Gasteiger partial charge in [0.2, 0.25) is 5.75 Å². The van der Waals surface area contributed by atoms with Crippen molar-refractivity contribution >= 4 is 16.7 Å². The molecular formula is C26H28N3O4+. The molecule has 0 radical (unpaired) electrons. The van der Waals surface area contributed by atoms with Crippen LogP contribution in [0.2, 0.25) is 0 Å². The highest BCUT2D eigenvalue weighted by Crippen LogP contribution is 2.43. The summed E-state index contributed by atoms with van der Waals surface area (Å²) in [6.07, 6.45) is 0. The van der Waals surface area contributed by atoms with Crippen molar-refractivity contribution in [3.05, 3.63) is 77.1 Å². The van der Waals surface area contributed by atoms with Crippen LogP contribution in [0.1, 0.15) is 28.6 Å². The molecule has 2 heterocycles. The van der Waals surface area contributed by atoms with E-state index in [-0.39, 0.29) is 5.75 Å². The molecule has 2 aromatic carbocycles. The SMILES string of the molecule is COc1cc([C@H](Nc2cccc(C)[nH+]2)c2ccc3ccc(C)nc3c2O)cc(OC)c1OC. The first-order valence-electron chi connectivity index (χ1n) is 10.6. The highest BCUT2D eigenvalue weighted by atomic mass is 16.5. The maximum atomic E-state index is 11.3. The number of phenols is 1. The highest BCUT2D eigenvalue weighted by Gasteiger charge is 2.27. The second-order valence-electron chi connectivity index (χ2n) is 7.81. The zero-order valence-corrected chi connectivity index (χ0v) is 19.4. The Hall–Kier alpha value is -4.00. The summed E-state index contributed by atoms with van der Waals surface area (Å²) >= 11 is 0. The minimum absolute atomic E-state index is 0.120. The van der Waals surface area contributed by atoms with Gasteiger partial charge < -0.3 is 19.3 Å². The summed E-state index contributed by atoms with van der Waals surface area (Å²) in [6.45, 7) is 3.89. The van der Waals surface area contributed by atoms with Crippen molar-refractivity contribution in [3.8, 4) is 23.0 Å². The average Bonchev–Trinajstić information content (AvgIpc) is 2.82. The topological polar surface area (TPSA) is 87.0 Å². The minimum atomic E-state index is -0.441. The Kier molecular flexibility index (Phi) is 6.22. The molecule has 170 valence electrons. The number of anilines is 1. The van der Waals surface area contributed by atoms with E-state index in [0.29, 0.717) is 28.3 Å². The normalized spacial score (nSPS) is 11.8. The third-order valence-corrected chi connectivity index (χ3v) is 5.58. The number of nitrogens with one attached hydrogen (secondary N) is 2. The fraction of sp³-hybridized carbons (Fsp3) is 0.231. The number of phenolic OH excluding ortho intramolecular Hbond substituents is 1. The molecule has 2 aromatic heterocycles. The van der Waals surface area contributed by atoms with Gasteiger partial charge in [-0.3, -0.25) is 5.32 Å². The Morgan fingerprint density at radius 3 is 2.24 bits per heavy atom. The molecule has 0 saturated carbocycles. The number of hydrogen-bond acceptors (Lipinski definition) is 6. The molecule has 0 aliphatic carbocycles. The number of fused-ring (bicyclic) bond motifs is 1. The summed E-state index contributed by atoms with van der Waals surface area (Å²) in [4.78, 5) is 7.90. The number of aromatic nitrogens is 2. The summed E-state index contributed by atoms with van der Waals surface area (Å²) in [5, 5.41) is 15.7. The number of rotatable bonds is 7. The number of pyridine rings is 2. The number of aromatic hydroxyl groups is 1. The van der Waals surface area contributed by atoms with Crippen LogP contribution in [0.25, 0.3) is 10.9 Å². The summed E-state index contributed by atoms with van der Waals surface area (Å²) in [5.41, 5.74) is 3.88. The Morgan fingerprint density at radius 2 is 1.61 bits per heavy atom. The van der Waals surface area contributed by atoms with Gasteiger partial charge in [0, 0.05) is 28.3 Å². The molecule has 1 atom stereocenters. The third-order valence-electron chi connectivity index (χ3n) is 5.58. The van der Waals surface area contributed by atoms with Gasteiger partial charge in [0.1, 0.15) is 17.3 Å². The lowest BCUT2D eigenvalue weighted by Crippen LogP contribution is -2.21. The zero-order chi connectivity index (χ0) is 23.5.